The summed E-state index contributed by atoms with van der Waals surface area (Å²) in [7, 11) is 0. The molecule has 0 fully saturated rings. The van der Waals surface area contributed by atoms with E-state index in [1.54, 1.807) is 11.8 Å². The highest BCUT2D eigenvalue weighted by Gasteiger charge is 2.20. The minimum Gasteiger partial charge on any atom is -0.399 e. The molecule has 2 nitrogen and oxygen atoms in total. The van der Waals surface area contributed by atoms with Gasteiger partial charge in [-0.3, -0.25) is 0 Å². The number of hydrogen-bond donors (Lipinski definition) is 2. The summed E-state index contributed by atoms with van der Waals surface area (Å²) < 4.78 is 0. The van der Waals surface area contributed by atoms with Crippen LogP contribution in [0.4, 0.5) is 5.69 Å². The van der Waals surface area contributed by atoms with E-state index in [0.29, 0.717) is 12.1 Å². The van der Waals surface area contributed by atoms with E-state index < -0.39 is 6.10 Å². The predicted molar refractivity (Wildman–Crippen MR) is 70.1 cm³/mol. The van der Waals surface area contributed by atoms with Crippen LogP contribution in [-0.4, -0.2) is 5.11 Å². The summed E-state index contributed by atoms with van der Waals surface area (Å²) in [5.41, 5.74) is 8.61. The Morgan fingerprint density at radius 1 is 1.12 bits per heavy atom. The van der Waals surface area contributed by atoms with Crippen molar-refractivity contribution >= 4 is 17.4 Å². The Bertz CT molecular complexity index is 568. The minimum atomic E-state index is -0.468. The maximum Gasteiger partial charge on any atom is 0.0842 e. The van der Waals surface area contributed by atoms with Gasteiger partial charge in [0.2, 0.25) is 0 Å². The van der Waals surface area contributed by atoms with E-state index in [2.05, 4.69) is 12.1 Å². The third-order valence-corrected chi connectivity index (χ3v) is 4.21. The first-order valence-corrected chi connectivity index (χ1v) is 6.39. The Morgan fingerprint density at radius 3 is 2.82 bits per heavy atom. The van der Waals surface area contributed by atoms with Crippen LogP contribution in [0.25, 0.3) is 0 Å². The molecule has 0 radical (unpaired) electrons. The Balaban J connectivity index is 2.14. The van der Waals surface area contributed by atoms with Crippen molar-refractivity contribution in [3.63, 3.8) is 0 Å². The first-order chi connectivity index (χ1) is 8.24. The number of fused-ring (bicyclic) bond motifs is 2. The maximum absolute atomic E-state index is 10.2. The van der Waals surface area contributed by atoms with Crippen molar-refractivity contribution in [3.05, 3.63) is 53.6 Å². The highest BCUT2D eigenvalue weighted by molar-refractivity contribution is 7.99. The summed E-state index contributed by atoms with van der Waals surface area (Å²) in [6.07, 6.45) is 0.184. The topological polar surface area (TPSA) is 46.2 Å². The number of rotatable bonds is 0. The summed E-state index contributed by atoms with van der Waals surface area (Å²) >= 11 is 1.70. The molecule has 0 spiro atoms. The number of anilines is 1. The molecule has 2 aromatic rings. The van der Waals surface area contributed by atoms with Crippen molar-refractivity contribution < 1.29 is 5.11 Å². The Hall–Kier alpha value is -1.45. The molecule has 0 aliphatic carbocycles. The van der Waals surface area contributed by atoms with Gasteiger partial charge in [-0.25, -0.2) is 0 Å². The quantitative estimate of drug-likeness (QED) is 0.699. The van der Waals surface area contributed by atoms with Gasteiger partial charge in [0.1, 0.15) is 0 Å². The average Bonchev–Trinajstić information content (AvgIpc) is 2.46. The molecule has 1 aliphatic rings. The fraction of sp³-hybridized carbons (Fsp3) is 0.143. The molecule has 3 heteroatoms. The Kier molecular flexibility index (Phi) is 2.57. The summed E-state index contributed by atoms with van der Waals surface area (Å²) in [5.74, 6) is 0. The fourth-order valence-electron chi connectivity index (χ4n) is 2.13. The van der Waals surface area contributed by atoms with Gasteiger partial charge in [0.15, 0.2) is 0 Å². The van der Waals surface area contributed by atoms with Gasteiger partial charge in [-0.1, -0.05) is 30.0 Å². The van der Waals surface area contributed by atoms with Crippen molar-refractivity contribution in [1.82, 2.24) is 0 Å². The first kappa shape index (κ1) is 10.7. The first-order valence-electron chi connectivity index (χ1n) is 5.57. The Labute approximate surface area is 104 Å². The summed E-state index contributed by atoms with van der Waals surface area (Å²) in [4.78, 5) is 2.31. The number of hydrogen-bond acceptors (Lipinski definition) is 3. The van der Waals surface area contributed by atoms with Crippen LogP contribution in [0, 0.1) is 0 Å². The van der Waals surface area contributed by atoms with E-state index in [1.807, 2.05) is 30.3 Å². The second-order valence-corrected chi connectivity index (χ2v) is 5.31. The molecule has 3 N–H and O–H groups in total. The molecule has 1 aliphatic heterocycles. The molecule has 1 unspecified atom stereocenters. The maximum atomic E-state index is 10.2. The van der Waals surface area contributed by atoms with Gasteiger partial charge in [-0.2, -0.15) is 0 Å². The van der Waals surface area contributed by atoms with Crippen LogP contribution in [0.1, 0.15) is 17.2 Å². The van der Waals surface area contributed by atoms with Crippen molar-refractivity contribution in [1.29, 1.82) is 0 Å². The smallest absolute Gasteiger partial charge is 0.0842 e. The van der Waals surface area contributed by atoms with Crippen molar-refractivity contribution in [2.75, 3.05) is 5.73 Å². The molecule has 3 rings (SSSR count). The number of nitrogens with two attached hydrogens (primary N) is 1. The lowest BCUT2D eigenvalue weighted by Crippen LogP contribution is -2.02. The molecule has 0 amide bonds. The average molecular weight is 243 g/mol. The van der Waals surface area contributed by atoms with Gasteiger partial charge in [0.25, 0.3) is 0 Å². The van der Waals surface area contributed by atoms with Gasteiger partial charge in [0, 0.05) is 21.9 Å². The van der Waals surface area contributed by atoms with E-state index >= 15 is 0 Å². The van der Waals surface area contributed by atoms with E-state index in [0.717, 1.165) is 10.5 Å². The second-order valence-electron chi connectivity index (χ2n) is 4.23. The molecule has 1 atom stereocenters. The van der Waals surface area contributed by atoms with Gasteiger partial charge >= 0.3 is 0 Å². The molecular formula is C14H13NOS. The van der Waals surface area contributed by atoms with Gasteiger partial charge in [-0.15, -0.1) is 0 Å². The normalized spacial score (nSPS) is 18.1. The summed E-state index contributed by atoms with van der Waals surface area (Å²) in [6.45, 7) is 0. The molecule has 86 valence electrons. The second kappa shape index (κ2) is 4.09. The Morgan fingerprint density at radius 2 is 1.94 bits per heavy atom. The van der Waals surface area contributed by atoms with Crippen molar-refractivity contribution in [2.24, 2.45) is 0 Å². The van der Waals surface area contributed by atoms with Crippen molar-refractivity contribution in [2.45, 2.75) is 22.3 Å². The van der Waals surface area contributed by atoms with Crippen LogP contribution < -0.4 is 5.73 Å². The molecule has 0 saturated heterocycles. The van der Waals surface area contributed by atoms with Gasteiger partial charge in [0.05, 0.1) is 6.10 Å². The third-order valence-electron chi connectivity index (χ3n) is 3.00. The van der Waals surface area contributed by atoms with E-state index in [4.69, 9.17) is 5.73 Å². The van der Waals surface area contributed by atoms with Crippen molar-refractivity contribution in [3.8, 4) is 0 Å². The SMILES string of the molecule is Nc1ccc2c(c1)C(O)Cc1ccccc1S2. The number of aliphatic hydroxyl groups is 1. The van der Waals surface area contributed by atoms with Crippen LogP contribution in [0.15, 0.2) is 52.3 Å². The van der Waals surface area contributed by atoms with E-state index in [1.165, 1.54) is 10.5 Å². The third kappa shape index (κ3) is 1.92. The highest BCUT2D eigenvalue weighted by Crippen LogP contribution is 2.41. The van der Waals surface area contributed by atoms with Crippen LogP contribution in [0.2, 0.25) is 0 Å². The highest BCUT2D eigenvalue weighted by atomic mass is 32.2. The monoisotopic (exact) mass is 243 g/mol. The molecule has 1 heterocycles. The molecule has 2 aromatic carbocycles. The predicted octanol–water partition coefficient (Wildman–Crippen LogP) is 3.01. The van der Waals surface area contributed by atoms with Gasteiger partial charge in [-0.05, 0) is 35.4 Å². The van der Waals surface area contributed by atoms with Gasteiger partial charge < -0.3 is 10.8 Å². The van der Waals surface area contributed by atoms with Crippen LogP contribution >= 0.6 is 11.8 Å². The summed E-state index contributed by atoms with van der Waals surface area (Å²) in [6, 6.07) is 13.9. The van der Waals surface area contributed by atoms with E-state index in [9.17, 15) is 5.11 Å². The molecule has 17 heavy (non-hydrogen) atoms. The molecule has 0 bridgehead atoms. The number of benzene rings is 2. The number of nitrogen functional groups attached to an aromatic ring is 1. The lowest BCUT2D eigenvalue weighted by Gasteiger charge is -2.11. The zero-order valence-corrected chi connectivity index (χ0v) is 10.1. The van der Waals surface area contributed by atoms with Crippen LogP contribution in [0.5, 0.6) is 0 Å². The molecule has 0 saturated carbocycles. The number of aliphatic hydroxyl groups excluding tert-OH is 1. The standard InChI is InChI=1S/C14H13NOS/c15-10-5-6-14-11(8-10)12(16)7-9-3-1-2-4-13(9)17-14/h1-6,8,12,16H,7,15H2. The summed E-state index contributed by atoms with van der Waals surface area (Å²) in [5, 5.41) is 10.2. The fourth-order valence-corrected chi connectivity index (χ4v) is 3.24. The zero-order valence-electron chi connectivity index (χ0n) is 9.26. The molecule has 0 aromatic heterocycles. The lowest BCUT2D eigenvalue weighted by molar-refractivity contribution is 0.175. The zero-order chi connectivity index (χ0) is 11.8. The minimum absolute atomic E-state index is 0.468. The molecular weight excluding hydrogens is 230 g/mol. The van der Waals surface area contributed by atoms with Crippen LogP contribution in [0.3, 0.4) is 0 Å². The lowest BCUT2D eigenvalue weighted by atomic mass is 10.0. The van der Waals surface area contributed by atoms with Crippen LogP contribution in [-0.2, 0) is 6.42 Å². The van der Waals surface area contributed by atoms with E-state index in [-0.39, 0.29) is 0 Å². The largest absolute Gasteiger partial charge is 0.399 e.